The molecule has 0 saturated heterocycles. The number of esters is 1. The molecule has 0 radical (unpaired) electrons. The van der Waals surface area contributed by atoms with Gasteiger partial charge in [-0.2, -0.15) is 0 Å². The normalized spacial score (nSPS) is 10.5. The van der Waals surface area contributed by atoms with Gasteiger partial charge in [-0.1, -0.05) is 12.1 Å². The van der Waals surface area contributed by atoms with E-state index in [1.54, 1.807) is 6.92 Å². The van der Waals surface area contributed by atoms with Crippen molar-refractivity contribution in [1.29, 1.82) is 0 Å². The van der Waals surface area contributed by atoms with Gasteiger partial charge in [-0.3, -0.25) is 4.79 Å². The number of hydrogen-bond donors (Lipinski definition) is 1. The first-order valence-electron chi connectivity index (χ1n) is 6.00. The van der Waals surface area contributed by atoms with Crippen LogP contribution in [0.15, 0.2) is 18.2 Å². The lowest BCUT2D eigenvalue weighted by molar-refractivity contribution is -0.114. The van der Waals surface area contributed by atoms with Crippen LogP contribution in [0.5, 0.6) is 0 Å². The summed E-state index contributed by atoms with van der Waals surface area (Å²) in [7, 11) is 0. The molecule has 2 aromatic rings. The second-order valence-corrected chi connectivity index (χ2v) is 5.26. The molecule has 0 spiro atoms. The van der Waals surface area contributed by atoms with Crippen molar-refractivity contribution in [3.05, 3.63) is 29.3 Å². The third-order valence-electron chi connectivity index (χ3n) is 2.61. The monoisotopic (exact) mass is 277 g/mol. The van der Waals surface area contributed by atoms with Crippen molar-refractivity contribution in [2.75, 3.05) is 11.9 Å². The Morgan fingerprint density at radius 3 is 2.74 bits per heavy atom. The molecule has 1 aromatic carbocycles. The van der Waals surface area contributed by atoms with Crippen LogP contribution in [-0.2, 0) is 9.53 Å². The molecular formula is C14H15NO3S. The van der Waals surface area contributed by atoms with Crippen molar-refractivity contribution < 1.29 is 14.3 Å². The van der Waals surface area contributed by atoms with E-state index in [0.29, 0.717) is 17.2 Å². The van der Waals surface area contributed by atoms with Crippen LogP contribution >= 0.6 is 11.3 Å². The predicted octanol–water partition coefficient (Wildman–Crippen LogP) is 3.34. The number of fused-ring (bicyclic) bond motifs is 1. The maximum Gasteiger partial charge on any atom is 0.341 e. The van der Waals surface area contributed by atoms with Crippen molar-refractivity contribution in [2.24, 2.45) is 0 Å². The Labute approximate surface area is 115 Å². The molecule has 4 nitrogen and oxygen atoms in total. The average Bonchev–Trinajstić information content (AvgIpc) is 2.65. The van der Waals surface area contributed by atoms with Crippen molar-refractivity contribution in [1.82, 2.24) is 0 Å². The van der Waals surface area contributed by atoms with Gasteiger partial charge in [0.15, 0.2) is 0 Å². The van der Waals surface area contributed by atoms with Crippen LogP contribution in [0.25, 0.3) is 10.1 Å². The number of thiophene rings is 1. The molecular weight excluding hydrogens is 262 g/mol. The summed E-state index contributed by atoms with van der Waals surface area (Å²) in [6.45, 7) is 5.47. The molecule has 0 aliphatic rings. The zero-order valence-corrected chi connectivity index (χ0v) is 11.9. The summed E-state index contributed by atoms with van der Waals surface area (Å²) in [5.41, 5.74) is 1.55. The van der Waals surface area contributed by atoms with Crippen LogP contribution in [0.4, 0.5) is 5.00 Å². The Kier molecular flexibility index (Phi) is 3.85. The van der Waals surface area contributed by atoms with E-state index in [1.165, 1.54) is 18.3 Å². The quantitative estimate of drug-likeness (QED) is 0.875. The van der Waals surface area contributed by atoms with E-state index in [9.17, 15) is 9.59 Å². The molecule has 0 atom stereocenters. The first-order valence-corrected chi connectivity index (χ1v) is 6.82. The van der Waals surface area contributed by atoms with Crippen LogP contribution < -0.4 is 5.32 Å². The molecule has 0 fully saturated rings. The molecule has 1 aromatic heterocycles. The molecule has 0 aliphatic carbocycles. The zero-order valence-electron chi connectivity index (χ0n) is 11.1. The van der Waals surface area contributed by atoms with Crippen molar-refractivity contribution in [3.8, 4) is 0 Å². The van der Waals surface area contributed by atoms with Gasteiger partial charge in [0, 0.05) is 17.0 Å². The molecule has 1 heterocycles. The fourth-order valence-corrected chi connectivity index (χ4v) is 3.09. The van der Waals surface area contributed by atoms with E-state index >= 15 is 0 Å². The molecule has 0 bridgehead atoms. The summed E-state index contributed by atoms with van der Waals surface area (Å²) >= 11 is 1.39. The van der Waals surface area contributed by atoms with E-state index in [0.717, 1.165) is 15.6 Å². The van der Waals surface area contributed by atoms with E-state index in [1.807, 2.05) is 25.1 Å². The minimum Gasteiger partial charge on any atom is -0.462 e. The summed E-state index contributed by atoms with van der Waals surface area (Å²) in [6, 6.07) is 5.82. The first-order chi connectivity index (χ1) is 9.02. The Morgan fingerprint density at radius 2 is 2.11 bits per heavy atom. The van der Waals surface area contributed by atoms with Gasteiger partial charge in [-0.05, 0) is 25.5 Å². The van der Waals surface area contributed by atoms with Crippen molar-refractivity contribution in [3.63, 3.8) is 0 Å². The van der Waals surface area contributed by atoms with E-state index in [4.69, 9.17) is 4.74 Å². The molecule has 1 N–H and O–H groups in total. The van der Waals surface area contributed by atoms with Gasteiger partial charge in [0.25, 0.3) is 0 Å². The molecule has 0 saturated carbocycles. The number of nitrogens with one attached hydrogen (secondary N) is 1. The highest BCUT2D eigenvalue weighted by molar-refractivity contribution is 7.23. The number of benzene rings is 1. The second-order valence-electron chi connectivity index (χ2n) is 4.21. The summed E-state index contributed by atoms with van der Waals surface area (Å²) in [4.78, 5) is 23.3. The number of anilines is 1. The first kappa shape index (κ1) is 13.5. The van der Waals surface area contributed by atoms with E-state index in [-0.39, 0.29) is 5.91 Å². The number of aryl methyl sites for hydroxylation is 1. The highest BCUT2D eigenvalue weighted by Gasteiger charge is 2.20. The Hall–Kier alpha value is -1.88. The zero-order chi connectivity index (χ0) is 14.0. The van der Waals surface area contributed by atoms with Crippen LogP contribution in [0.3, 0.4) is 0 Å². The fourth-order valence-electron chi connectivity index (χ4n) is 1.86. The lowest BCUT2D eigenvalue weighted by Crippen LogP contribution is -2.10. The number of rotatable bonds is 3. The minimum atomic E-state index is -0.402. The van der Waals surface area contributed by atoms with Crippen LogP contribution in [0, 0.1) is 6.92 Å². The highest BCUT2D eigenvalue weighted by atomic mass is 32.1. The van der Waals surface area contributed by atoms with Crippen LogP contribution in [0.1, 0.15) is 29.8 Å². The van der Waals surface area contributed by atoms with Gasteiger partial charge >= 0.3 is 5.97 Å². The van der Waals surface area contributed by atoms with E-state index in [2.05, 4.69) is 5.32 Å². The van der Waals surface area contributed by atoms with Crippen molar-refractivity contribution in [2.45, 2.75) is 20.8 Å². The lowest BCUT2D eigenvalue weighted by Gasteiger charge is -2.04. The van der Waals surface area contributed by atoms with Crippen molar-refractivity contribution >= 4 is 38.3 Å². The molecule has 0 aliphatic heterocycles. The maximum atomic E-state index is 12.0. The number of carbonyl (C=O) groups excluding carboxylic acids is 2. The lowest BCUT2D eigenvalue weighted by atomic mass is 10.1. The standard InChI is InChI=1S/C14H15NO3S/c1-4-18-14(17)12-10-6-5-8(2)7-11(10)19-13(12)15-9(3)16/h5-7H,4H2,1-3H3,(H,15,16). The summed E-state index contributed by atoms with van der Waals surface area (Å²) in [5.74, 6) is -0.602. The van der Waals surface area contributed by atoms with Gasteiger partial charge in [0.2, 0.25) is 5.91 Å². The van der Waals surface area contributed by atoms with Gasteiger partial charge < -0.3 is 10.1 Å². The second kappa shape index (κ2) is 5.40. The van der Waals surface area contributed by atoms with E-state index < -0.39 is 5.97 Å². The summed E-state index contributed by atoms with van der Waals surface area (Å²) in [5, 5.41) is 4.07. The molecule has 19 heavy (non-hydrogen) atoms. The SMILES string of the molecule is CCOC(=O)c1c(NC(C)=O)sc2cc(C)ccc12. The van der Waals surface area contributed by atoms with Crippen LogP contribution in [-0.4, -0.2) is 18.5 Å². The number of hydrogen-bond acceptors (Lipinski definition) is 4. The number of carbonyl (C=O) groups is 2. The Morgan fingerprint density at radius 1 is 1.37 bits per heavy atom. The maximum absolute atomic E-state index is 12.0. The van der Waals surface area contributed by atoms with Gasteiger partial charge in [0.1, 0.15) is 10.6 Å². The fraction of sp³-hybridized carbons (Fsp3) is 0.286. The van der Waals surface area contributed by atoms with Gasteiger partial charge in [0.05, 0.1) is 6.61 Å². The molecule has 100 valence electrons. The smallest absolute Gasteiger partial charge is 0.341 e. The Balaban J connectivity index is 2.61. The molecule has 0 unspecified atom stereocenters. The molecule has 2 rings (SSSR count). The third-order valence-corrected chi connectivity index (χ3v) is 3.68. The topological polar surface area (TPSA) is 55.4 Å². The van der Waals surface area contributed by atoms with Gasteiger partial charge in [-0.15, -0.1) is 11.3 Å². The third kappa shape index (κ3) is 2.76. The average molecular weight is 277 g/mol. The molecule has 1 amide bonds. The molecule has 5 heteroatoms. The van der Waals surface area contributed by atoms with Crippen LogP contribution in [0.2, 0.25) is 0 Å². The minimum absolute atomic E-state index is 0.200. The summed E-state index contributed by atoms with van der Waals surface area (Å²) in [6.07, 6.45) is 0. The highest BCUT2D eigenvalue weighted by Crippen LogP contribution is 2.36. The number of ether oxygens (including phenoxy) is 1. The Bertz CT molecular complexity index is 645. The largest absolute Gasteiger partial charge is 0.462 e. The van der Waals surface area contributed by atoms with Gasteiger partial charge in [-0.25, -0.2) is 4.79 Å². The predicted molar refractivity (Wildman–Crippen MR) is 76.8 cm³/mol. The number of amides is 1. The summed E-state index contributed by atoms with van der Waals surface area (Å²) < 4.78 is 6.03.